The molecule has 1 aromatic carbocycles. The van der Waals surface area contributed by atoms with Crippen molar-refractivity contribution in [1.29, 1.82) is 0 Å². The monoisotopic (exact) mass is 373 g/mol. The first-order valence-corrected chi connectivity index (χ1v) is 7.28. The molecule has 3 nitrogen and oxygen atoms in total. The van der Waals surface area contributed by atoms with Crippen LogP contribution in [-0.4, -0.2) is 11.2 Å². The van der Waals surface area contributed by atoms with E-state index in [1.807, 2.05) is 30.5 Å². The Bertz CT molecular complexity index is 531. The van der Waals surface area contributed by atoms with E-state index in [4.69, 9.17) is 0 Å². The van der Waals surface area contributed by atoms with Gasteiger partial charge >= 0.3 is 0 Å². The average molecular weight is 375 g/mol. The lowest BCUT2D eigenvalue weighted by Gasteiger charge is -2.00. The maximum absolute atomic E-state index is 4.26. The smallest absolute Gasteiger partial charge is 0.203 e. The van der Waals surface area contributed by atoms with Crippen molar-refractivity contribution in [2.75, 3.05) is 5.43 Å². The minimum absolute atomic E-state index is 0.793. The second kappa shape index (κ2) is 5.75. The highest BCUT2D eigenvalue weighted by Gasteiger charge is 2.01. The van der Waals surface area contributed by atoms with Gasteiger partial charge in [0, 0.05) is 19.9 Å². The van der Waals surface area contributed by atoms with Gasteiger partial charge in [-0.05, 0) is 19.1 Å². The van der Waals surface area contributed by atoms with Crippen LogP contribution in [0.2, 0.25) is 0 Å². The van der Waals surface area contributed by atoms with Crippen LogP contribution in [0.25, 0.3) is 0 Å². The summed E-state index contributed by atoms with van der Waals surface area (Å²) < 4.78 is 1.99. The van der Waals surface area contributed by atoms with E-state index >= 15 is 0 Å². The van der Waals surface area contributed by atoms with Gasteiger partial charge in [-0.1, -0.05) is 37.9 Å². The Morgan fingerprint density at radius 1 is 1.35 bits per heavy atom. The zero-order valence-corrected chi connectivity index (χ0v) is 12.9. The number of nitrogens with one attached hydrogen (secondary N) is 1. The molecule has 0 fully saturated rings. The number of halogens is 2. The predicted molar refractivity (Wildman–Crippen MR) is 79.9 cm³/mol. The predicted octanol–water partition coefficient (Wildman–Crippen LogP) is 4.42. The summed E-state index contributed by atoms with van der Waals surface area (Å²) in [5, 5.41) is 6.93. The van der Waals surface area contributed by atoms with Crippen LogP contribution in [0.5, 0.6) is 0 Å². The molecule has 88 valence electrons. The maximum Gasteiger partial charge on any atom is 0.203 e. The van der Waals surface area contributed by atoms with Gasteiger partial charge in [-0.15, -0.1) is 11.3 Å². The molecule has 17 heavy (non-hydrogen) atoms. The molecule has 0 saturated heterocycles. The highest BCUT2D eigenvalue weighted by Crippen LogP contribution is 2.23. The second-order valence-corrected chi connectivity index (χ2v) is 5.87. The third kappa shape index (κ3) is 3.37. The van der Waals surface area contributed by atoms with Gasteiger partial charge in [0.25, 0.3) is 0 Å². The van der Waals surface area contributed by atoms with Gasteiger partial charge in [0.1, 0.15) is 0 Å². The normalized spacial score (nSPS) is 11.0. The van der Waals surface area contributed by atoms with E-state index < -0.39 is 0 Å². The first-order chi connectivity index (χ1) is 8.16. The summed E-state index contributed by atoms with van der Waals surface area (Å²) in [4.78, 5) is 4.26. The molecule has 0 unspecified atom stereocenters. The molecule has 0 aliphatic carbocycles. The number of hydrogen-bond acceptors (Lipinski definition) is 4. The Morgan fingerprint density at radius 3 is 2.65 bits per heavy atom. The van der Waals surface area contributed by atoms with Crippen LogP contribution in [0.15, 0.2) is 37.6 Å². The molecular formula is C11H9Br2N3S. The summed E-state index contributed by atoms with van der Waals surface area (Å²) in [6, 6.07) is 5.91. The highest BCUT2D eigenvalue weighted by molar-refractivity contribution is 9.11. The average Bonchev–Trinajstić information content (AvgIpc) is 2.69. The van der Waals surface area contributed by atoms with Crippen LogP contribution in [0.1, 0.15) is 11.3 Å². The maximum atomic E-state index is 4.26. The van der Waals surface area contributed by atoms with Crippen LogP contribution in [0.4, 0.5) is 5.13 Å². The number of anilines is 1. The summed E-state index contributed by atoms with van der Waals surface area (Å²) >= 11 is 8.48. The SMILES string of the molecule is Cc1csc(NN=Cc2c(Br)cccc2Br)n1. The van der Waals surface area contributed by atoms with Crippen molar-refractivity contribution in [2.24, 2.45) is 5.10 Å². The van der Waals surface area contributed by atoms with Gasteiger partial charge in [-0.2, -0.15) is 5.10 Å². The lowest BCUT2D eigenvalue weighted by molar-refractivity contribution is 1.22. The summed E-state index contributed by atoms with van der Waals surface area (Å²) in [5.41, 5.74) is 4.89. The summed E-state index contributed by atoms with van der Waals surface area (Å²) in [6.45, 7) is 1.95. The zero-order chi connectivity index (χ0) is 12.3. The fourth-order valence-corrected chi connectivity index (χ4v) is 3.03. The first-order valence-electron chi connectivity index (χ1n) is 4.82. The number of aromatic nitrogens is 1. The quantitative estimate of drug-likeness (QED) is 0.637. The molecule has 0 radical (unpaired) electrons. The zero-order valence-electron chi connectivity index (χ0n) is 8.95. The van der Waals surface area contributed by atoms with Crippen LogP contribution in [-0.2, 0) is 0 Å². The second-order valence-electron chi connectivity index (χ2n) is 3.30. The minimum Gasteiger partial charge on any atom is -0.253 e. The van der Waals surface area contributed by atoms with Crippen molar-refractivity contribution < 1.29 is 0 Å². The van der Waals surface area contributed by atoms with E-state index in [2.05, 4.69) is 47.4 Å². The Balaban J connectivity index is 2.10. The number of hydrogen-bond donors (Lipinski definition) is 1. The Hall–Kier alpha value is -0.720. The van der Waals surface area contributed by atoms with E-state index in [-0.39, 0.29) is 0 Å². The van der Waals surface area contributed by atoms with Crippen LogP contribution in [0, 0.1) is 6.92 Å². The fourth-order valence-electron chi connectivity index (χ4n) is 1.19. The van der Waals surface area contributed by atoms with Crippen LogP contribution < -0.4 is 5.43 Å². The summed E-state index contributed by atoms with van der Waals surface area (Å²) in [6.07, 6.45) is 1.75. The van der Waals surface area contributed by atoms with Gasteiger partial charge in [0.2, 0.25) is 5.13 Å². The molecule has 0 aliphatic rings. The number of hydrazone groups is 1. The minimum atomic E-state index is 0.793. The van der Waals surface area contributed by atoms with Crippen molar-refractivity contribution in [2.45, 2.75) is 6.92 Å². The van der Waals surface area contributed by atoms with Gasteiger partial charge in [0.05, 0.1) is 11.9 Å². The number of rotatable bonds is 3. The molecule has 0 spiro atoms. The molecular weight excluding hydrogens is 366 g/mol. The van der Waals surface area contributed by atoms with Crippen LogP contribution in [0.3, 0.4) is 0 Å². The van der Waals surface area contributed by atoms with Gasteiger partial charge in [-0.25, -0.2) is 4.98 Å². The van der Waals surface area contributed by atoms with E-state index in [1.54, 1.807) is 6.21 Å². The van der Waals surface area contributed by atoms with Crippen molar-refractivity contribution in [3.63, 3.8) is 0 Å². The fraction of sp³-hybridized carbons (Fsp3) is 0.0909. The van der Waals surface area contributed by atoms with Crippen molar-refractivity contribution in [1.82, 2.24) is 4.98 Å². The lowest BCUT2D eigenvalue weighted by Crippen LogP contribution is -1.92. The highest BCUT2D eigenvalue weighted by atomic mass is 79.9. The Labute approximate surface area is 120 Å². The third-order valence-electron chi connectivity index (χ3n) is 1.97. The number of aryl methyl sites for hydroxylation is 1. The molecule has 0 bridgehead atoms. The van der Waals surface area contributed by atoms with Crippen molar-refractivity contribution in [3.05, 3.63) is 43.8 Å². The largest absolute Gasteiger partial charge is 0.253 e. The summed E-state index contributed by atoms with van der Waals surface area (Å²) in [7, 11) is 0. The molecule has 0 aliphatic heterocycles. The molecule has 0 amide bonds. The standard InChI is InChI=1S/C11H9Br2N3S/c1-7-6-17-11(15-7)16-14-5-8-9(12)3-2-4-10(8)13/h2-6H,1H3,(H,15,16). The van der Waals surface area contributed by atoms with Gasteiger partial charge < -0.3 is 0 Å². The number of thiazole rings is 1. The molecule has 6 heteroatoms. The molecule has 0 saturated carbocycles. The van der Waals surface area contributed by atoms with E-state index in [0.29, 0.717) is 0 Å². The van der Waals surface area contributed by atoms with E-state index in [1.165, 1.54) is 11.3 Å². The molecule has 2 aromatic rings. The van der Waals surface area contributed by atoms with Crippen molar-refractivity contribution >= 4 is 54.5 Å². The Morgan fingerprint density at radius 2 is 2.06 bits per heavy atom. The van der Waals surface area contributed by atoms with E-state index in [9.17, 15) is 0 Å². The first kappa shape index (κ1) is 12.7. The molecule has 0 atom stereocenters. The van der Waals surface area contributed by atoms with Gasteiger partial charge in [0.15, 0.2) is 0 Å². The summed E-state index contributed by atoms with van der Waals surface area (Å²) in [5.74, 6) is 0. The van der Waals surface area contributed by atoms with Crippen LogP contribution >= 0.6 is 43.2 Å². The lowest BCUT2D eigenvalue weighted by atomic mass is 10.2. The third-order valence-corrected chi connectivity index (χ3v) is 4.22. The number of benzene rings is 1. The van der Waals surface area contributed by atoms with Gasteiger partial charge in [-0.3, -0.25) is 5.43 Å². The Kier molecular flexibility index (Phi) is 4.31. The topological polar surface area (TPSA) is 37.3 Å². The van der Waals surface area contributed by atoms with Crippen molar-refractivity contribution in [3.8, 4) is 0 Å². The molecule has 1 N–H and O–H groups in total. The molecule has 1 heterocycles. The van der Waals surface area contributed by atoms with E-state index in [0.717, 1.165) is 25.3 Å². The molecule has 2 rings (SSSR count). The number of nitrogens with zero attached hydrogens (tertiary/aromatic N) is 2. The molecule has 1 aromatic heterocycles.